The Labute approximate surface area is 145 Å². The van der Waals surface area contributed by atoms with Crippen molar-refractivity contribution in [3.63, 3.8) is 0 Å². The standard InChI is InChI=1S/C20H31N3O/c1-16-6-7-17(2)20-19(16)18(15-23(20)11-4-14-24)5-3-10-22-12-8-21-9-13-22/h6-7,15,21,24H,3-5,8-14H2,1-2H3. The molecule has 1 aromatic heterocycles. The van der Waals surface area contributed by atoms with Crippen LogP contribution >= 0.6 is 0 Å². The van der Waals surface area contributed by atoms with Crippen molar-refractivity contribution < 1.29 is 5.11 Å². The first kappa shape index (κ1) is 17.5. The Bertz CT molecular complexity index is 671. The van der Waals surface area contributed by atoms with Gasteiger partial charge < -0.3 is 19.9 Å². The van der Waals surface area contributed by atoms with E-state index in [9.17, 15) is 5.11 Å². The fourth-order valence-electron chi connectivity index (χ4n) is 3.92. The highest BCUT2D eigenvalue weighted by Gasteiger charge is 2.14. The summed E-state index contributed by atoms with van der Waals surface area (Å²) in [5.41, 5.74) is 5.54. The zero-order valence-electron chi connectivity index (χ0n) is 15.1. The molecule has 0 unspecified atom stereocenters. The second kappa shape index (κ2) is 8.15. The van der Waals surface area contributed by atoms with Gasteiger partial charge in [0.1, 0.15) is 0 Å². The molecule has 4 heteroatoms. The summed E-state index contributed by atoms with van der Waals surface area (Å²) in [5.74, 6) is 0. The fraction of sp³-hybridized carbons (Fsp3) is 0.600. The summed E-state index contributed by atoms with van der Waals surface area (Å²) in [4.78, 5) is 2.57. The van der Waals surface area contributed by atoms with Gasteiger partial charge in [-0.2, -0.15) is 0 Å². The van der Waals surface area contributed by atoms with Crippen LogP contribution in [0.25, 0.3) is 10.9 Å². The molecule has 24 heavy (non-hydrogen) atoms. The average molecular weight is 329 g/mol. The van der Waals surface area contributed by atoms with E-state index >= 15 is 0 Å². The third-order valence-electron chi connectivity index (χ3n) is 5.20. The minimum atomic E-state index is 0.253. The minimum Gasteiger partial charge on any atom is -0.396 e. The van der Waals surface area contributed by atoms with E-state index in [1.54, 1.807) is 0 Å². The summed E-state index contributed by atoms with van der Waals surface area (Å²) in [6.45, 7) is 11.4. The molecule has 2 aromatic rings. The second-order valence-electron chi connectivity index (χ2n) is 7.04. The summed E-state index contributed by atoms with van der Waals surface area (Å²) in [7, 11) is 0. The Morgan fingerprint density at radius 1 is 1.04 bits per heavy atom. The van der Waals surface area contributed by atoms with Crippen molar-refractivity contribution in [2.75, 3.05) is 39.3 Å². The van der Waals surface area contributed by atoms with Crippen LogP contribution in [-0.2, 0) is 13.0 Å². The Hall–Kier alpha value is -1.36. The van der Waals surface area contributed by atoms with Gasteiger partial charge in [0.05, 0.1) is 5.52 Å². The first-order chi connectivity index (χ1) is 11.7. The summed E-state index contributed by atoms with van der Waals surface area (Å²) in [5, 5.41) is 14.0. The van der Waals surface area contributed by atoms with Crippen molar-refractivity contribution >= 4 is 10.9 Å². The number of aryl methyl sites for hydroxylation is 4. The van der Waals surface area contributed by atoms with E-state index in [4.69, 9.17) is 0 Å². The molecule has 2 N–H and O–H groups in total. The Morgan fingerprint density at radius 2 is 1.79 bits per heavy atom. The molecule has 0 aliphatic carbocycles. The molecular formula is C20H31N3O. The van der Waals surface area contributed by atoms with Crippen molar-refractivity contribution in [3.05, 3.63) is 35.0 Å². The summed E-state index contributed by atoms with van der Waals surface area (Å²) in [6.07, 6.45) is 5.50. The number of aromatic nitrogens is 1. The lowest BCUT2D eigenvalue weighted by Crippen LogP contribution is -2.43. The number of aliphatic hydroxyl groups excluding tert-OH is 1. The lowest BCUT2D eigenvalue weighted by Gasteiger charge is -2.27. The number of nitrogens with one attached hydrogen (secondary N) is 1. The van der Waals surface area contributed by atoms with Gasteiger partial charge in [-0.25, -0.2) is 0 Å². The van der Waals surface area contributed by atoms with Crippen LogP contribution in [0.1, 0.15) is 29.5 Å². The van der Waals surface area contributed by atoms with Crippen molar-refractivity contribution in [1.29, 1.82) is 0 Å². The van der Waals surface area contributed by atoms with Crippen molar-refractivity contribution in [2.24, 2.45) is 0 Å². The van der Waals surface area contributed by atoms with Gasteiger partial charge in [-0.15, -0.1) is 0 Å². The fourth-order valence-corrected chi connectivity index (χ4v) is 3.92. The molecule has 1 saturated heterocycles. The van der Waals surface area contributed by atoms with Gasteiger partial charge in [-0.3, -0.25) is 0 Å². The number of aliphatic hydroxyl groups is 1. The predicted octanol–water partition coefficient (Wildman–Crippen LogP) is 2.48. The molecule has 1 fully saturated rings. The lowest BCUT2D eigenvalue weighted by atomic mass is 10.0. The van der Waals surface area contributed by atoms with Crippen LogP contribution in [0.4, 0.5) is 0 Å². The molecule has 0 saturated carbocycles. The van der Waals surface area contributed by atoms with E-state index in [0.717, 1.165) is 32.5 Å². The zero-order valence-corrected chi connectivity index (χ0v) is 15.1. The average Bonchev–Trinajstić information content (AvgIpc) is 2.97. The van der Waals surface area contributed by atoms with Crippen LogP contribution in [0.3, 0.4) is 0 Å². The highest BCUT2D eigenvalue weighted by atomic mass is 16.3. The van der Waals surface area contributed by atoms with E-state index in [0.29, 0.717) is 0 Å². The second-order valence-corrected chi connectivity index (χ2v) is 7.04. The highest BCUT2D eigenvalue weighted by molar-refractivity contribution is 5.89. The Morgan fingerprint density at radius 3 is 2.54 bits per heavy atom. The quantitative estimate of drug-likeness (QED) is 0.820. The van der Waals surface area contributed by atoms with Gasteiger partial charge in [0.25, 0.3) is 0 Å². The molecule has 1 aliphatic heterocycles. The maximum Gasteiger partial charge on any atom is 0.0515 e. The lowest BCUT2D eigenvalue weighted by molar-refractivity contribution is 0.238. The van der Waals surface area contributed by atoms with E-state index in [1.807, 2.05) is 0 Å². The molecule has 0 bridgehead atoms. The first-order valence-electron chi connectivity index (χ1n) is 9.32. The molecule has 4 nitrogen and oxygen atoms in total. The number of fused-ring (bicyclic) bond motifs is 1. The molecule has 132 valence electrons. The van der Waals surface area contributed by atoms with E-state index in [-0.39, 0.29) is 6.61 Å². The highest BCUT2D eigenvalue weighted by Crippen LogP contribution is 2.29. The SMILES string of the molecule is Cc1ccc(C)c2c1c(CCCN1CCNCC1)cn2CCCO. The van der Waals surface area contributed by atoms with E-state index in [1.165, 1.54) is 53.6 Å². The molecule has 1 aromatic carbocycles. The molecule has 1 aliphatic rings. The molecule has 0 atom stereocenters. The van der Waals surface area contributed by atoms with Crippen LogP contribution in [0.15, 0.2) is 18.3 Å². The third-order valence-corrected chi connectivity index (χ3v) is 5.20. The molecule has 0 spiro atoms. The predicted molar refractivity (Wildman–Crippen MR) is 101 cm³/mol. The number of rotatable bonds is 7. The number of nitrogens with zero attached hydrogens (tertiary/aromatic N) is 2. The summed E-state index contributed by atoms with van der Waals surface area (Å²) < 4.78 is 2.36. The maximum absolute atomic E-state index is 9.19. The third kappa shape index (κ3) is 3.82. The van der Waals surface area contributed by atoms with Crippen molar-refractivity contribution in [3.8, 4) is 0 Å². The van der Waals surface area contributed by atoms with Crippen LogP contribution in [0, 0.1) is 13.8 Å². The minimum absolute atomic E-state index is 0.253. The van der Waals surface area contributed by atoms with Crippen LogP contribution in [0.5, 0.6) is 0 Å². The molecule has 3 rings (SSSR count). The van der Waals surface area contributed by atoms with Crippen LogP contribution in [-0.4, -0.2) is 53.9 Å². The molecule has 0 radical (unpaired) electrons. The van der Waals surface area contributed by atoms with Gasteiger partial charge in [0.15, 0.2) is 0 Å². The smallest absolute Gasteiger partial charge is 0.0515 e. The Balaban J connectivity index is 1.77. The number of piperazine rings is 1. The molecule has 2 heterocycles. The normalized spacial score (nSPS) is 16.1. The van der Waals surface area contributed by atoms with Crippen molar-refractivity contribution in [1.82, 2.24) is 14.8 Å². The summed E-state index contributed by atoms with van der Waals surface area (Å²) in [6, 6.07) is 4.46. The van der Waals surface area contributed by atoms with Crippen LogP contribution < -0.4 is 5.32 Å². The first-order valence-corrected chi connectivity index (χ1v) is 9.32. The number of hydrogen-bond acceptors (Lipinski definition) is 3. The van der Waals surface area contributed by atoms with Gasteiger partial charge >= 0.3 is 0 Å². The van der Waals surface area contributed by atoms with Crippen molar-refractivity contribution in [2.45, 2.75) is 39.7 Å². The number of hydrogen-bond donors (Lipinski definition) is 2. The molecular weight excluding hydrogens is 298 g/mol. The van der Waals surface area contributed by atoms with E-state index in [2.05, 4.69) is 47.0 Å². The largest absolute Gasteiger partial charge is 0.396 e. The van der Waals surface area contributed by atoms with Crippen LogP contribution in [0.2, 0.25) is 0 Å². The van der Waals surface area contributed by atoms with E-state index < -0.39 is 0 Å². The monoisotopic (exact) mass is 329 g/mol. The van der Waals surface area contributed by atoms with Gasteiger partial charge in [-0.05, 0) is 56.3 Å². The van der Waals surface area contributed by atoms with Gasteiger partial charge in [0.2, 0.25) is 0 Å². The maximum atomic E-state index is 9.19. The van der Waals surface area contributed by atoms with Gasteiger partial charge in [-0.1, -0.05) is 12.1 Å². The zero-order chi connectivity index (χ0) is 16.9. The molecule has 0 amide bonds. The van der Waals surface area contributed by atoms with Gasteiger partial charge in [0, 0.05) is 50.9 Å². The Kier molecular flexibility index (Phi) is 5.93. The topological polar surface area (TPSA) is 40.4 Å². The summed E-state index contributed by atoms with van der Waals surface area (Å²) >= 11 is 0. The number of benzene rings is 1.